The van der Waals surface area contributed by atoms with E-state index in [1.165, 1.54) is 38.5 Å². The first-order valence-electron chi connectivity index (χ1n) is 7.09. The first kappa shape index (κ1) is 9.38. The predicted octanol–water partition coefficient (Wildman–Crippen LogP) is 2.92. The Hall–Kier alpha value is 0.440. The Morgan fingerprint density at radius 2 is 1.31 bits per heavy atom. The first-order valence-corrected chi connectivity index (χ1v) is 7.88. The maximum absolute atomic E-state index is 6.89. The van der Waals surface area contributed by atoms with Gasteiger partial charge < -0.3 is 5.73 Å². The standard InChI is InChI=1S/C14H20BrN/c15-13-5-7-3-11-9(13)1-8-2-10(13)12(4-7)14(11,16)6-8/h7-12H,1-6,16H2. The zero-order valence-electron chi connectivity index (χ0n) is 9.66. The largest absolute Gasteiger partial charge is 0.325 e. The highest BCUT2D eigenvalue weighted by atomic mass is 79.9. The van der Waals surface area contributed by atoms with E-state index in [0.29, 0.717) is 4.32 Å². The van der Waals surface area contributed by atoms with Crippen molar-refractivity contribution in [3.63, 3.8) is 0 Å². The lowest BCUT2D eigenvalue weighted by Gasteiger charge is -2.76. The van der Waals surface area contributed by atoms with Crippen LogP contribution in [0.25, 0.3) is 0 Å². The van der Waals surface area contributed by atoms with E-state index in [-0.39, 0.29) is 5.54 Å². The van der Waals surface area contributed by atoms with Crippen molar-refractivity contribution in [3.05, 3.63) is 0 Å². The number of halogens is 1. The average Bonchev–Trinajstić information content (AvgIpc) is 2.24. The summed E-state index contributed by atoms with van der Waals surface area (Å²) in [6, 6.07) is 0. The minimum absolute atomic E-state index is 0.269. The summed E-state index contributed by atoms with van der Waals surface area (Å²) in [5.74, 6) is 5.60. The molecule has 1 nitrogen and oxygen atoms in total. The van der Waals surface area contributed by atoms with Crippen LogP contribution in [0.3, 0.4) is 0 Å². The second-order valence-corrected chi connectivity index (χ2v) is 9.02. The summed E-state index contributed by atoms with van der Waals surface area (Å²) in [5, 5.41) is 0. The van der Waals surface area contributed by atoms with Crippen molar-refractivity contribution in [1.29, 1.82) is 0 Å². The molecule has 0 aromatic rings. The Bertz CT molecular complexity index is 319. The third-order valence-electron chi connectivity index (χ3n) is 7.18. The van der Waals surface area contributed by atoms with Crippen molar-refractivity contribution in [2.45, 2.75) is 48.4 Å². The van der Waals surface area contributed by atoms with Crippen molar-refractivity contribution in [1.82, 2.24) is 0 Å². The van der Waals surface area contributed by atoms with Gasteiger partial charge in [0, 0.05) is 9.86 Å². The van der Waals surface area contributed by atoms with Crippen molar-refractivity contribution >= 4 is 15.9 Å². The highest BCUT2D eigenvalue weighted by molar-refractivity contribution is 9.10. The molecule has 0 spiro atoms. The molecule has 8 bridgehead atoms. The molecular weight excluding hydrogens is 262 g/mol. The second-order valence-electron chi connectivity index (χ2n) is 7.55. The molecule has 4 unspecified atom stereocenters. The summed E-state index contributed by atoms with van der Waals surface area (Å²) in [4.78, 5) is 0. The zero-order valence-corrected chi connectivity index (χ0v) is 11.2. The molecule has 0 saturated heterocycles. The normalized spacial score (nSPS) is 73.9. The fourth-order valence-electron chi connectivity index (χ4n) is 6.97. The van der Waals surface area contributed by atoms with Gasteiger partial charge in [0.25, 0.3) is 0 Å². The molecule has 7 fully saturated rings. The van der Waals surface area contributed by atoms with E-state index in [1.54, 1.807) is 0 Å². The van der Waals surface area contributed by atoms with Crippen LogP contribution in [0.2, 0.25) is 0 Å². The van der Waals surface area contributed by atoms with Crippen LogP contribution in [-0.4, -0.2) is 9.86 Å². The summed E-state index contributed by atoms with van der Waals surface area (Å²) in [6.45, 7) is 0. The Kier molecular flexibility index (Phi) is 1.42. The van der Waals surface area contributed by atoms with E-state index >= 15 is 0 Å². The lowest BCUT2D eigenvalue weighted by atomic mass is 9.33. The summed E-state index contributed by atoms with van der Waals surface area (Å²) < 4.78 is 0.531. The van der Waals surface area contributed by atoms with Gasteiger partial charge in [0.15, 0.2) is 0 Å². The molecule has 0 aliphatic heterocycles. The molecular formula is C14H20BrN. The van der Waals surface area contributed by atoms with Gasteiger partial charge in [-0.3, -0.25) is 0 Å². The molecule has 0 amide bonds. The molecule has 88 valence electrons. The van der Waals surface area contributed by atoms with Crippen LogP contribution >= 0.6 is 15.9 Å². The minimum atomic E-state index is 0.269. The summed E-state index contributed by atoms with van der Waals surface area (Å²) in [6.07, 6.45) is 8.74. The number of nitrogens with two attached hydrogens (primary N) is 1. The molecule has 7 rings (SSSR count). The smallest absolute Gasteiger partial charge is 0.0323 e. The second kappa shape index (κ2) is 2.42. The van der Waals surface area contributed by atoms with Crippen molar-refractivity contribution < 1.29 is 0 Å². The van der Waals surface area contributed by atoms with Gasteiger partial charge in [0.05, 0.1) is 0 Å². The lowest BCUT2D eigenvalue weighted by molar-refractivity contribution is -0.197. The van der Waals surface area contributed by atoms with Gasteiger partial charge in [-0.15, -0.1) is 0 Å². The molecule has 7 aliphatic carbocycles. The molecule has 7 saturated carbocycles. The van der Waals surface area contributed by atoms with E-state index in [0.717, 1.165) is 35.5 Å². The number of hydrogen-bond acceptors (Lipinski definition) is 1. The maximum atomic E-state index is 6.89. The van der Waals surface area contributed by atoms with Crippen LogP contribution in [-0.2, 0) is 0 Å². The summed E-state index contributed by atoms with van der Waals surface area (Å²) in [5.41, 5.74) is 7.16. The van der Waals surface area contributed by atoms with Crippen LogP contribution in [0.4, 0.5) is 0 Å². The Labute approximate surface area is 106 Å². The quantitative estimate of drug-likeness (QED) is 0.679. The number of rotatable bonds is 0. The Morgan fingerprint density at radius 1 is 0.812 bits per heavy atom. The predicted molar refractivity (Wildman–Crippen MR) is 67.2 cm³/mol. The fourth-order valence-corrected chi connectivity index (χ4v) is 8.44. The van der Waals surface area contributed by atoms with Crippen LogP contribution in [0.1, 0.15) is 38.5 Å². The van der Waals surface area contributed by atoms with Gasteiger partial charge >= 0.3 is 0 Å². The van der Waals surface area contributed by atoms with Gasteiger partial charge in [0.2, 0.25) is 0 Å². The van der Waals surface area contributed by atoms with Crippen molar-refractivity contribution in [2.24, 2.45) is 41.2 Å². The van der Waals surface area contributed by atoms with E-state index < -0.39 is 0 Å². The van der Waals surface area contributed by atoms with Crippen molar-refractivity contribution in [2.75, 3.05) is 0 Å². The van der Waals surface area contributed by atoms with Crippen LogP contribution < -0.4 is 5.73 Å². The third kappa shape index (κ3) is 0.764. The molecule has 4 atom stereocenters. The van der Waals surface area contributed by atoms with Gasteiger partial charge in [0.1, 0.15) is 0 Å². The molecule has 0 heterocycles. The van der Waals surface area contributed by atoms with Gasteiger partial charge in [-0.2, -0.15) is 0 Å². The lowest BCUT2D eigenvalue weighted by Crippen LogP contribution is -2.78. The van der Waals surface area contributed by atoms with E-state index in [4.69, 9.17) is 5.73 Å². The Morgan fingerprint density at radius 3 is 1.94 bits per heavy atom. The molecule has 16 heavy (non-hydrogen) atoms. The average molecular weight is 282 g/mol. The topological polar surface area (TPSA) is 26.0 Å². The van der Waals surface area contributed by atoms with Crippen LogP contribution in [0.15, 0.2) is 0 Å². The molecule has 2 heteroatoms. The van der Waals surface area contributed by atoms with Gasteiger partial charge in [-0.1, -0.05) is 15.9 Å². The highest BCUT2D eigenvalue weighted by Crippen LogP contribution is 2.75. The molecule has 0 radical (unpaired) electrons. The number of alkyl halides is 1. The van der Waals surface area contributed by atoms with Crippen LogP contribution in [0, 0.1) is 35.5 Å². The third-order valence-corrected chi connectivity index (χ3v) is 8.68. The maximum Gasteiger partial charge on any atom is 0.0323 e. The molecule has 7 aliphatic rings. The van der Waals surface area contributed by atoms with Crippen LogP contribution in [0.5, 0.6) is 0 Å². The number of hydrogen-bond donors (Lipinski definition) is 1. The van der Waals surface area contributed by atoms with E-state index in [1.807, 2.05) is 0 Å². The van der Waals surface area contributed by atoms with Gasteiger partial charge in [-0.05, 0) is 74.0 Å². The van der Waals surface area contributed by atoms with E-state index in [2.05, 4.69) is 15.9 Å². The van der Waals surface area contributed by atoms with Crippen molar-refractivity contribution in [3.8, 4) is 0 Å². The van der Waals surface area contributed by atoms with E-state index in [9.17, 15) is 0 Å². The zero-order chi connectivity index (χ0) is 10.7. The SMILES string of the molecule is NC12CC3CC4C1CC1CC2C(C3)C4(Br)C1. The fraction of sp³-hybridized carbons (Fsp3) is 1.00. The molecule has 0 aromatic heterocycles. The summed E-state index contributed by atoms with van der Waals surface area (Å²) >= 11 is 4.22. The summed E-state index contributed by atoms with van der Waals surface area (Å²) in [7, 11) is 0. The highest BCUT2D eigenvalue weighted by Gasteiger charge is 2.73. The molecule has 0 aromatic carbocycles. The monoisotopic (exact) mass is 281 g/mol. The molecule has 2 N–H and O–H groups in total. The Balaban J connectivity index is 1.76. The first-order chi connectivity index (χ1) is 7.61. The minimum Gasteiger partial charge on any atom is -0.325 e. The van der Waals surface area contributed by atoms with Gasteiger partial charge in [-0.25, -0.2) is 0 Å².